The van der Waals surface area contributed by atoms with Crippen molar-refractivity contribution in [3.8, 4) is 0 Å². The number of hydrogen-bond donors (Lipinski definition) is 4. The Morgan fingerprint density at radius 1 is 0.600 bits per heavy atom. The minimum Gasteiger partial charge on any atom is -0.457 e. The lowest BCUT2D eigenvalue weighted by atomic mass is 9.99. The van der Waals surface area contributed by atoms with E-state index in [-0.39, 0.29) is 19.2 Å². The van der Waals surface area contributed by atoms with E-state index in [0.717, 1.165) is 77.0 Å². The Morgan fingerprint density at radius 2 is 1.11 bits per heavy atom. The number of carbonyl (C=O) groups is 1. The van der Waals surface area contributed by atoms with Gasteiger partial charge in [0.25, 0.3) is 0 Å². The molecular formula is C46H80O9. The number of rotatable bonds is 36. The van der Waals surface area contributed by atoms with Gasteiger partial charge in [-0.05, 0) is 57.8 Å². The average molecular weight is 777 g/mol. The summed E-state index contributed by atoms with van der Waals surface area (Å²) in [5, 5.41) is 40.0. The molecule has 6 unspecified atom stereocenters. The zero-order valence-electron chi connectivity index (χ0n) is 34.7. The average Bonchev–Trinajstić information content (AvgIpc) is 3.18. The molecule has 0 spiro atoms. The van der Waals surface area contributed by atoms with Crippen LogP contribution in [-0.4, -0.2) is 89.6 Å². The monoisotopic (exact) mass is 777 g/mol. The number of esters is 1. The molecule has 1 fully saturated rings. The summed E-state index contributed by atoms with van der Waals surface area (Å²) in [6.07, 6.45) is 39.6. The predicted octanol–water partition coefficient (Wildman–Crippen LogP) is 9.52. The SMILES string of the molecule is CC/C=C\C/C=C\C/C=C\C/C=C\C/C=C\CCCCCCCCOCC(COC1OC(CO)C(O)C(O)C1O)OC(=O)CCCCCCCCCCCC. The van der Waals surface area contributed by atoms with E-state index in [4.69, 9.17) is 18.9 Å². The van der Waals surface area contributed by atoms with Gasteiger partial charge in [-0.2, -0.15) is 0 Å². The molecule has 1 aliphatic heterocycles. The van der Waals surface area contributed by atoms with Crippen molar-refractivity contribution in [2.24, 2.45) is 0 Å². The highest BCUT2D eigenvalue weighted by Crippen LogP contribution is 2.22. The van der Waals surface area contributed by atoms with Crippen molar-refractivity contribution in [3.05, 3.63) is 60.8 Å². The summed E-state index contributed by atoms with van der Waals surface area (Å²) in [7, 11) is 0. The van der Waals surface area contributed by atoms with Gasteiger partial charge in [0, 0.05) is 13.0 Å². The first kappa shape index (κ1) is 50.9. The van der Waals surface area contributed by atoms with Gasteiger partial charge in [0.05, 0.1) is 19.8 Å². The van der Waals surface area contributed by atoms with Crippen molar-refractivity contribution < 1.29 is 44.2 Å². The van der Waals surface area contributed by atoms with Crippen LogP contribution in [0.2, 0.25) is 0 Å². The van der Waals surface area contributed by atoms with Crippen LogP contribution in [0.5, 0.6) is 0 Å². The van der Waals surface area contributed by atoms with Crippen LogP contribution >= 0.6 is 0 Å². The van der Waals surface area contributed by atoms with E-state index in [9.17, 15) is 25.2 Å². The normalized spacial score (nSPS) is 21.3. The summed E-state index contributed by atoms with van der Waals surface area (Å²) in [6.45, 7) is 4.38. The number of allylic oxidation sites excluding steroid dienone is 10. The van der Waals surface area contributed by atoms with Crippen molar-refractivity contribution in [1.82, 2.24) is 0 Å². The van der Waals surface area contributed by atoms with E-state index in [1.165, 1.54) is 64.2 Å². The maximum absolute atomic E-state index is 12.7. The van der Waals surface area contributed by atoms with Gasteiger partial charge in [-0.3, -0.25) is 4.79 Å². The molecule has 1 heterocycles. The minimum absolute atomic E-state index is 0.121. The lowest BCUT2D eigenvalue weighted by Crippen LogP contribution is -2.59. The Bertz CT molecular complexity index is 1020. The summed E-state index contributed by atoms with van der Waals surface area (Å²) in [5.74, 6) is -0.324. The Labute approximate surface area is 335 Å². The van der Waals surface area contributed by atoms with Crippen LogP contribution in [-0.2, 0) is 23.7 Å². The number of aliphatic hydroxyl groups is 4. The molecule has 0 radical (unpaired) electrons. The van der Waals surface area contributed by atoms with Crippen LogP contribution in [0.4, 0.5) is 0 Å². The summed E-state index contributed by atoms with van der Waals surface area (Å²) in [5.41, 5.74) is 0. The van der Waals surface area contributed by atoms with E-state index in [0.29, 0.717) is 13.0 Å². The van der Waals surface area contributed by atoms with Crippen molar-refractivity contribution in [2.45, 2.75) is 198 Å². The molecule has 6 atom stereocenters. The highest BCUT2D eigenvalue weighted by atomic mass is 16.7. The fraction of sp³-hybridized carbons (Fsp3) is 0.761. The summed E-state index contributed by atoms with van der Waals surface area (Å²) < 4.78 is 22.7. The van der Waals surface area contributed by atoms with E-state index in [1.807, 2.05) is 0 Å². The number of aliphatic hydroxyl groups excluding tert-OH is 4. The fourth-order valence-corrected chi connectivity index (χ4v) is 6.28. The summed E-state index contributed by atoms with van der Waals surface area (Å²) >= 11 is 0. The first-order valence-corrected chi connectivity index (χ1v) is 21.9. The minimum atomic E-state index is -1.54. The molecule has 1 aliphatic rings. The standard InChI is InChI=1S/C46H80O9/c1-3-5-7-9-11-13-15-16-17-18-19-20-21-22-23-24-25-26-28-30-32-34-36-52-38-40(39-53-46-45(51)44(50)43(49)41(37-47)55-46)54-42(48)35-33-31-29-27-14-12-10-8-6-4-2/h5,7,11,13,16-17,19-20,22-23,40-41,43-47,49-51H,3-4,6,8-10,12,14-15,18,21,24-39H2,1-2H3/b7-5-,13-11-,17-16-,20-19-,23-22-. The second-order valence-electron chi connectivity index (χ2n) is 14.8. The van der Waals surface area contributed by atoms with E-state index in [1.54, 1.807) is 0 Å². The predicted molar refractivity (Wildman–Crippen MR) is 224 cm³/mol. The van der Waals surface area contributed by atoms with E-state index < -0.39 is 43.4 Å². The Hall–Kier alpha value is -2.11. The molecule has 0 aromatic carbocycles. The fourth-order valence-electron chi connectivity index (χ4n) is 6.28. The van der Waals surface area contributed by atoms with Gasteiger partial charge >= 0.3 is 5.97 Å². The maximum Gasteiger partial charge on any atom is 0.306 e. The van der Waals surface area contributed by atoms with Gasteiger partial charge < -0.3 is 39.4 Å². The largest absolute Gasteiger partial charge is 0.457 e. The Balaban J connectivity index is 2.25. The van der Waals surface area contributed by atoms with Gasteiger partial charge in [-0.1, -0.05) is 158 Å². The van der Waals surface area contributed by atoms with Crippen LogP contribution in [0.1, 0.15) is 162 Å². The van der Waals surface area contributed by atoms with Crippen LogP contribution in [0.25, 0.3) is 0 Å². The van der Waals surface area contributed by atoms with Crippen LogP contribution in [0.15, 0.2) is 60.8 Å². The molecule has 0 aliphatic carbocycles. The van der Waals surface area contributed by atoms with Crippen molar-refractivity contribution in [1.29, 1.82) is 0 Å². The quantitative estimate of drug-likeness (QED) is 0.0279. The molecule has 0 aromatic heterocycles. The molecule has 1 rings (SSSR count). The summed E-state index contributed by atoms with van der Waals surface area (Å²) in [6, 6.07) is 0. The van der Waals surface area contributed by atoms with Crippen molar-refractivity contribution in [2.75, 3.05) is 26.4 Å². The van der Waals surface area contributed by atoms with Gasteiger partial charge in [0.1, 0.15) is 30.5 Å². The van der Waals surface area contributed by atoms with E-state index in [2.05, 4.69) is 74.6 Å². The zero-order chi connectivity index (χ0) is 40.0. The van der Waals surface area contributed by atoms with Crippen molar-refractivity contribution >= 4 is 5.97 Å². The highest BCUT2D eigenvalue weighted by Gasteiger charge is 2.44. The van der Waals surface area contributed by atoms with Gasteiger partial charge in [0.15, 0.2) is 6.29 Å². The van der Waals surface area contributed by atoms with Gasteiger partial charge in [-0.25, -0.2) is 0 Å². The second-order valence-corrected chi connectivity index (χ2v) is 14.8. The molecule has 1 saturated heterocycles. The van der Waals surface area contributed by atoms with E-state index >= 15 is 0 Å². The van der Waals surface area contributed by atoms with Crippen molar-refractivity contribution in [3.63, 3.8) is 0 Å². The van der Waals surface area contributed by atoms with Crippen LogP contribution < -0.4 is 0 Å². The number of carbonyl (C=O) groups excluding carboxylic acids is 1. The third-order valence-electron chi connectivity index (χ3n) is 9.70. The molecule has 0 amide bonds. The third kappa shape index (κ3) is 28.9. The van der Waals surface area contributed by atoms with Gasteiger partial charge in [-0.15, -0.1) is 0 Å². The Morgan fingerprint density at radius 3 is 1.67 bits per heavy atom. The molecule has 9 heteroatoms. The van der Waals surface area contributed by atoms with Crippen LogP contribution in [0.3, 0.4) is 0 Å². The lowest BCUT2D eigenvalue weighted by Gasteiger charge is -2.39. The van der Waals surface area contributed by atoms with Gasteiger partial charge in [0.2, 0.25) is 0 Å². The number of unbranched alkanes of at least 4 members (excludes halogenated alkanes) is 15. The molecule has 4 N–H and O–H groups in total. The lowest BCUT2D eigenvalue weighted by molar-refractivity contribution is -0.305. The topological polar surface area (TPSA) is 135 Å². The second kappa shape index (κ2) is 37.5. The molecule has 318 valence electrons. The maximum atomic E-state index is 12.7. The highest BCUT2D eigenvalue weighted by molar-refractivity contribution is 5.69. The molecule has 0 bridgehead atoms. The number of ether oxygens (including phenoxy) is 4. The Kier molecular flexibility index (Phi) is 34.7. The molecule has 0 saturated carbocycles. The smallest absolute Gasteiger partial charge is 0.306 e. The first-order chi connectivity index (χ1) is 26.9. The molecular weight excluding hydrogens is 696 g/mol. The van der Waals surface area contributed by atoms with Crippen LogP contribution in [0, 0.1) is 0 Å². The molecule has 0 aromatic rings. The zero-order valence-corrected chi connectivity index (χ0v) is 34.7. The first-order valence-electron chi connectivity index (χ1n) is 21.9. The summed E-state index contributed by atoms with van der Waals surface area (Å²) in [4.78, 5) is 12.7. The molecule has 55 heavy (non-hydrogen) atoms. The number of hydrogen-bond acceptors (Lipinski definition) is 9. The third-order valence-corrected chi connectivity index (χ3v) is 9.70. The molecule has 9 nitrogen and oxygen atoms in total.